The summed E-state index contributed by atoms with van der Waals surface area (Å²) in [6, 6.07) is 18.8. The van der Waals surface area contributed by atoms with Gasteiger partial charge < -0.3 is 4.90 Å². The summed E-state index contributed by atoms with van der Waals surface area (Å²) in [4.78, 5) is 2.39. The van der Waals surface area contributed by atoms with E-state index < -0.39 is 5.67 Å². The van der Waals surface area contributed by atoms with Gasteiger partial charge in [-0.3, -0.25) is 0 Å². The first-order valence-corrected chi connectivity index (χ1v) is 8.66. The molecular formula is C21H26FN. The summed E-state index contributed by atoms with van der Waals surface area (Å²) in [7, 11) is 2.19. The van der Waals surface area contributed by atoms with Gasteiger partial charge in [0.05, 0.1) is 0 Å². The van der Waals surface area contributed by atoms with Crippen LogP contribution in [0.3, 0.4) is 0 Å². The van der Waals surface area contributed by atoms with Crippen LogP contribution in [-0.4, -0.2) is 25.0 Å². The lowest BCUT2D eigenvalue weighted by Gasteiger charge is -2.16. The van der Waals surface area contributed by atoms with Crippen molar-refractivity contribution in [1.82, 2.24) is 4.90 Å². The normalized spacial score (nSPS) is 15.8. The first kappa shape index (κ1) is 16.2. The Bertz CT molecular complexity index is 601. The predicted octanol–water partition coefficient (Wildman–Crippen LogP) is 4.75. The number of hydrogen-bond acceptors (Lipinski definition) is 1. The Morgan fingerprint density at radius 1 is 0.870 bits per heavy atom. The fourth-order valence-corrected chi connectivity index (χ4v) is 3.00. The highest BCUT2D eigenvalue weighted by Crippen LogP contribution is 2.49. The van der Waals surface area contributed by atoms with Crippen molar-refractivity contribution in [3.63, 3.8) is 0 Å². The van der Waals surface area contributed by atoms with Gasteiger partial charge in [-0.2, -0.15) is 0 Å². The van der Waals surface area contributed by atoms with Crippen molar-refractivity contribution in [3.05, 3.63) is 71.3 Å². The zero-order valence-electron chi connectivity index (χ0n) is 14.0. The summed E-state index contributed by atoms with van der Waals surface area (Å²) >= 11 is 0. The highest BCUT2D eigenvalue weighted by molar-refractivity contribution is 5.30. The van der Waals surface area contributed by atoms with Crippen LogP contribution in [0.1, 0.15) is 36.0 Å². The van der Waals surface area contributed by atoms with Gasteiger partial charge in [-0.1, -0.05) is 54.6 Å². The average molecular weight is 311 g/mol. The molecule has 122 valence electrons. The van der Waals surface area contributed by atoms with Crippen molar-refractivity contribution >= 4 is 0 Å². The number of alkyl halides is 1. The molecule has 0 saturated heterocycles. The van der Waals surface area contributed by atoms with E-state index in [0.29, 0.717) is 12.8 Å². The van der Waals surface area contributed by atoms with Gasteiger partial charge in [-0.25, -0.2) is 4.39 Å². The van der Waals surface area contributed by atoms with E-state index in [2.05, 4.69) is 54.4 Å². The number of hydrogen-bond donors (Lipinski definition) is 0. The molecule has 2 aromatic carbocycles. The number of rotatable bonds is 8. The van der Waals surface area contributed by atoms with E-state index in [1.54, 1.807) is 0 Å². The summed E-state index contributed by atoms with van der Waals surface area (Å²) in [5.41, 5.74) is 2.57. The lowest BCUT2D eigenvalue weighted by Crippen LogP contribution is -2.22. The quantitative estimate of drug-likeness (QED) is 0.680. The minimum absolute atomic E-state index is 0.693. The summed E-state index contributed by atoms with van der Waals surface area (Å²) in [5, 5.41) is 0. The summed E-state index contributed by atoms with van der Waals surface area (Å²) in [6.07, 6.45) is 4.70. The smallest absolute Gasteiger partial charge is 0.136 e. The van der Waals surface area contributed by atoms with Crippen LogP contribution in [0, 0.1) is 0 Å². The van der Waals surface area contributed by atoms with Crippen molar-refractivity contribution in [2.75, 3.05) is 20.1 Å². The second-order valence-corrected chi connectivity index (χ2v) is 6.80. The van der Waals surface area contributed by atoms with Crippen LogP contribution in [0.4, 0.5) is 4.39 Å². The molecule has 0 atom stereocenters. The maximum absolute atomic E-state index is 13.9. The van der Waals surface area contributed by atoms with Gasteiger partial charge in [0.2, 0.25) is 0 Å². The molecule has 1 nitrogen and oxygen atoms in total. The zero-order valence-corrected chi connectivity index (χ0v) is 14.0. The SMILES string of the molecule is CN(CCCc1ccc(C2(F)CC2)cc1)CCc1ccccc1. The zero-order chi connectivity index (χ0) is 16.1. The summed E-state index contributed by atoms with van der Waals surface area (Å²) < 4.78 is 13.9. The lowest BCUT2D eigenvalue weighted by atomic mass is 10.0. The van der Waals surface area contributed by atoms with E-state index in [1.165, 1.54) is 11.1 Å². The molecule has 1 fully saturated rings. The Labute approximate surface area is 139 Å². The molecule has 0 aliphatic heterocycles. The van der Waals surface area contributed by atoms with Crippen molar-refractivity contribution in [2.24, 2.45) is 0 Å². The van der Waals surface area contributed by atoms with E-state index in [-0.39, 0.29) is 0 Å². The standard InChI is InChI=1S/C21H26FN/c1-23(17-13-18-6-3-2-4-7-18)16-5-8-19-9-11-20(12-10-19)21(22)14-15-21/h2-4,6-7,9-12H,5,8,13-17H2,1H3. The van der Waals surface area contributed by atoms with Gasteiger partial charge in [0.15, 0.2) is 0 Å². The monoisotopic (exact) mass is 311 g/mol. The molecule has 3 rings (SSSR count). The number of aryl methyl sites for hydroxylation is 1. The summed E-state index contributed by atoms with van der Waals surface area (Å²) in [5.74, 6) is 0. The fourth-order valence-electron chi connectivity index (χ4n) is 3.00. The topological polar surface area (TPSA) is 3.24 Å². The maximum atomic E-state index is 13.9. The van der Waals surface area contributed by atoms with Crippen LogP contribution in [0.15, 0.2) is 54.6 Å². The molecule has 0 N–H and O–H groups in total. The second kappa shape index (κ2) is 7.27. The Hall–Kier alpha value is -1.67. The highest BCUT2D eigenvalue weighted by Gasteiger charge is 2.44. The van der Waals surface area contributed by atoms with Gasteiger partial charge in [0.1, 0.15) is 5.67 Å². The van der Waals surface area contributed by atoms with Crippen LogP contribution < -0.4 is 0 Å². The predicted molar refractivity (Wildman–Crippen MR) is 94.4 cm³/mol. The highest BCUT2D eigenvalue weighted by atomic mass is 19.1. The third-order valence-corrected chi connectivity index (χ3v) is 4.79. The number of halogens is 1. The molecule has 0 unspecified atom stereocenters. The number of benzene rings is 2. The second-order valence-electron chi connectivity index (χ2n) is 6.80. The van der Waals surface area contributed by atoms with E-state index in [9.17, 15) is 4.39 Å². The molecule has 2 heteroatoms. The minimum atomic E-state index is -1.00. The summed E-state index contributed by atoms with van der Waals surface area (Å²) in [6.45, 7) is 2.19. The molecular weight excluding hydrogens is 285 g/mol. The van der Waals surface area contributed by atoms with Gasteiger partial charge >= 0.3 is 0 Å². The van der Waals surface area contributed by atoms with Crippen LogP contribution in [0.25, 0.3) is 0 Å². The van der Waals surface area contributed by atoms with E-state index >= 15 is 0 Å². The maximum Gasteiger partial charge on any atom is 0.136 e. The van der Waals surface area contributed by atoms with Gasteiger partial charge in [0.25, 0.3) is 0 Å². The molecule has 23 heavy (non-hydrogen) atoms. The van der Waals surface area contributed by atoms with Crippen molar-refractivity contribution in [3.8, 4) is 0 Å². The molecule has 0 bridgehead atoms. The van der Waals surface area contributed by atoms with Crippen LogP contribution in [0.5, 0.6) is 0 Å². The van der Waals surface area contributed by atoms with E-state index in [0.717, 1.165) is 37.9 Å². The minimum Gasteiger partial charge on any atom is -0.306 e. The Balaban J connectivity index is 1.37. The first-order chi connectivity index (χ1) is 11.2. The van der Waals surface area contributed by atoms with Crippen molar-refractivity contribution in [1.29, 1.82) is 0 Å². The fraction of sp³-hybridized carbons (Fsp3) is 0.429. The molecule has 0 radical (unpaired) electrons. The molecule has 1 aliphatic carbocycles. The van der Waals surface area contributed by atoms with Crippen LogP contribution >= 0.6 is 0 Å². The Kier molecular flexibility index (Phi) is 5.12. The van der Waals surface area contributed by atoms with E-state index in [4.69, 9.17) is 0 Å². The Morgan fingerprint density at radius 2 is 1.52 bits per heavy atom. The third-order valence-electron chi connectivity index (χ3n) is 4.79. The number of likely N-dealkylation sites (N-methyl/N-ethyl adjacent to an activating group) is 1. The van der Waals surface area contributed by atoms with Crippen molar-refractivity contribution < 1.29 is 4.39 Å². The molecule has 2 aromatic rings. The van der Waals surface area contributed by atoms with Crippen LogP contribution in [-0.2, 0) is 18.5 Å². The average Bonchev–Trinajstić information content (AvgIpc) is 3.33. The van der Waals surface area contributed by atoms with Gasteiger partial charge in [-0.15, -0.1) is 0 Å². The molecule has 0 amide bonds. The molecule has 1 saturated carbocycles. The van der Waals surface area contributed by atoms with Crippen LogP contribution in [0.2, 0.25) is 0 Å². The van der Waals surface area contributed by atoms with Gasteiger partial charge in [-0.05, 0) is 62.4 Å². The molecule has 0 aromatic heterocycles. The third kappa shape index (κ3) is 4.65. The molecule has 0 heterocycles. The number of nitrogens with zero attached hydrogens (tertiary/aromatic N) is 1. The molecule has 0 spiro atoms. The lowest BCUT2D eigenvalue weighted by molar-refractivity contribution is 0.317. The first-order valence-electron chi connectivity index (χ1n) is 8.66. The largest absolute Gasteiger partial charge is 0.306 e. The van der Waals surface area contributed by atoms with E-state index in [1.807, 2.05) is 12.1 Å². The molecule has 1 aliphatic rings. The van der Waals surface area contributed by atoms with Gasteiger partial charge in [0, 0.05) is 6.54 Å². The Morgan fingerprint density at radius 3 is 2.17 bits per heavy atom. The van der Waals surface area contributed by atoms with Crippen molar-refractivity contribution in [2.45, 2.75) is 37.8 Å².